The van der Waals surface area contributed by atoms with E-state index < -0.39 is 24.6 Å². The standard InChI is InChI=1S/C15H19F3N2O3/c1-10(21)23-14-3-2-11(8-13(14)22)12(9-15(16,17)18)20-6-4-19-5-7-20/h2-3,8,12,19,22H,4-7,9H2,1H3/t12-/m0/s1. The average Bonchev–Trinajstić information content (AvgIpc) is 2.46. The Balaban J connectivity index is 2.27. The molecule has 1 aliphatic heterocycles. The minimum atomic E-state index is -4.32. The number of phenolic OH excluding ortho intramolecular Hbond substituents is 1. The van der Waals surface area contributed by atoms with E-state index in [9.17, 15) is 23.1 Å². The number of hydrogen-bond acceptors (Lipinski definition) is 5. The van der Waals surface area contributed by atoms with Crippen LogP contribution in [0.2, 0.25) is 0 Å². The van der Waals surface area contributed by atoms with Crippen molar-refractivity contribution in [3.63, 3.8) is 0 Å². The van der Waals surface area contributed by atoms with Crippen LogP contribution in [0.4, 0.5) is 13.2 Å². The first-order valence-electron chi connectivity index (χ1n) is 7.29. The van der Waals surface area contributed by atoms with Crippen molar-refractivity contribution in [2.24, 2.45) is 0 Å². The van der Waals surface area contributed by atoms with Crippen LogP contribution >= 0.6 is 0 Å². The molecular weight excluding hydrogens is 313 g/mol. The van der Waals surface area contributed by atoms with Gasteiger partial charge in [-0.1, -0.05) is 6.07 Å². The maximum atomic E-state index is 12.9. The molecule has 8 heteroatoms. The molecule has 2 N–H and O–H groups in total. The van der Waals surface area contributed by atoms with Gasteiger partial charge in [0.2, 0.25) is 0 Å². The summed E-state index contributed by atoms with van der Waals surface area (Å²) in [6.45, 7) is 3.40. The van der Waals surface area contributed by atoms with Gasteiger partial charge >= 0.3 is 12.1 Å². The number of piperazine rings is 1. The van der Waals surface area contributed by atoms with E-state index in [2.05, 4.69) is 5.32 Å². The number of esters is 1. The number of carbonyl (C=O) groups excluding carboxylic acids is 1. The number of alkyl halides is 3. The number of benzene rings is 1. The highest BCUT2D eigenvalue weighted by Gasteiger charge is 2.36. The molecule has 1 aromatic carbocycles. The van der Waals surface area contributed by atoms with Gasteiger partial charge in [-0.15, -0.1) is 0 Å². The first kappa shape index (κ1) is 17.6. The highest BCUT2D eigenvalue weighted by atomic mass is 19.4. The van der Waals surface area contributed by atoms with Crippen LogP contribution in [0.3, 0.4) is 0 Å². The topological polar surface area (TPSA) is 61.8 Å². The van der Waals surface area contributed by atoms with Crippen LogP contribution in [0, 0.1) is 0 Å². The molecule has 1 saturated heterocycles. The molecule has 0 radical (unpaired) electrons. The van der Waals surface area contributed by atoms with Gasteiger partial charge in [0.25, 0.3) is 0 Å². The third kappa shape index (κ3) is 5.11. The summed E-state index contributed by atoms with van der Waals surface area (Å²) in [5, 5.41) is 13.0. The van der Waals surface area contributed by atoms with Gasteiger partial charge in [0.15, 0.2) is 11.5 Å². The van der Waals surface area contributed by atoms with Crippen LogP contribution in [0.15, 0.2) is 18.2 Å². The van der Waals surface area contributed by atoms with Crippen LogP contribution in [-0.2, 0) is 4.79 Å². The van der Waals surface area contributed by atoms with Gasteiger partial charge in [-0.25, -0.2) is 0 Å². The van der Waals surface area contributed by atoms with Gasteiger partial charge in [-0.2, -0.15) is 13.2 Å². The Morgan fingerprint density at radius 3 is 2.57 bits per heavy atom. The number of hydrogen-bond donors (Lipinski definition) is 2. The number of halogens is 3. The number of carbonyl (C=O) groups is 1. The van der Waals surface area contributed by atoms with Gasteiger partial charge in [-0.3, -0.25) is 9.69 Å². The molecule has 0 amide bonds. The third-order valence-corrected chi connectivity index (χ3v) is 3.64. The minimum absolute atomic E-state index is 0.0627. The van der Waals surface area contributed by atoms with Crippen molar-refractivity contribution in [3.8, 4) is 11.5 Å². The first-order chi connectivity index (χ1) is 10.8. The summed E-state index contributed by atoms with van der Waals surface area (Å²) in [6.07, 6.45) is -5.32. The highest BCUT2D eigenvalue weighted by molar-refractivity contribution is 5.70. The molecule has 1 atom stereocenters. The molecule has 0 aromatic heterocycles. The van der Waals surface area contributed by atoms with E-state index in [1.165, 1.54) is 25.1 Å². The Morgan fingerprint density at radius 1 is 1.39 bits per heavy atom. The fourth-order valence-corrected chi connectivity index (χ4v) is 2.65. The smallest absolute Gasteiger partial charge is 0.390 e. The predicted octanol–water partition coefficient (Wildman–Crippen LogP) is 2.22. The fourth-order valence-electron chi connectivity index (χ4n) is 2.65. The van der Waals surface area contributed by atoms with Crippen LogP contribution < -0.4 is 10.1 Å². The Morgan fingerprint density at radius 2 is 2.04 bits per heavy atom. The van der Waals surface area contributed by atoms with Gasteiger partial charge in [0, 0.05) is 39.1 Å². The van der Waals surface area contributed by atoms with E-state index in [1.807, 2.05) is 0 Å². The summed E-state index contributed by atoms with van der Waals surface area (Å²) in [5.41, 5.74) is 0.345. The van der Waals surface area contributed by atoms with Gasteiger partial charge in [0.1, 0.15) is 0 Å². The predicted molar refractivity (Wildman–Crippen MR) is 77.3 cm³/mol. The second kappa shape index (κ2) is 7.18. The first-order valence-corrected chi connectivity index (χ1v) is 7.29. The number of ether oxygens (including phenoxy) is 1. The van der Waals surface area contributed by atoms with E-state index in [-0.39, 0.29) is 11.5 Å². The van der Waals surface area contributed by atoms with Crippen molar-refractivity contribution in [2.45, 2.75) is 25.6 Å². The Labute approximate surface area is 132 Å². The van der Waals surface area contributed by atoms with E-state index >= 15 is 0 Å². The van der Waals surface area contributed by atoms with Crippen LogP contribution in [0.25, 0.3) is 0 Å². The van der Waals surface area contributed by atoms with Gasteiger partial charge in [0.05, 0.1) is 6.42 Å². The van der Waals surface area contributed by atoms with Crippen molar-refractivity contribution >= 4 is 5.97 Å². The Bertz CT molecular complexity index is 557. The zero-order valence-corrected chi connectivity index (χ0v) is 12.7. The van der Waals surface area contributed by atoms with Crippen LogP contribution in [0.1, 0.15) is 24.9 Å². The Kier molecular flexibility index (Phi) is 5.48. The maximum absolute atomic E-state index is 12.9. The van der Waals surface area contributed by atoms with Crippen molar-refractivity contribution in [2.75, 3.05) is 26.2 Å². The van der Waals surface area contributed by atoms with Crippen molar-refractivity contribution in [3.05, 3.63) is 23.8 Å². The quantitative estimate of drug-likeness (QED) is 0.654. The highest BCUT2D eigenvalue weighted by Crippen LogP contribution is 2.37. The molecule has 23 heavy (non-hydrogen) atoms. The summed E-state index contributed by atoms with van der Waals surface area (Å²) < 4.78 is 43.6. The van der Waals surface area contributed by atoms with E-state index in [1.54, 1.807) is 4.90 Å². The number of rotatable bonds is 4. The SMILES string of the molecule is CC(=O)Oc1ccc([C@H](CC(F)(F)F)N2CCNCC2)cc1O. The minimum Gasteiger partial charge on any atom is -0.504 e. The molecule has 0 aliphatic carbocycles. The fraction of sp³-hybridized carbons (Fsp3) is 0.533. The van der Waals surface area contributed by atoms with E-state index in [0.717, 1.165) is 0 Å². The molecule has 0 saturated carbocycles. The number of nitrogens with one attached hydrogen (secondary N) is 1. The molecule has 1 aromatic rings. The maximum Gasteiger partial charge on any atom is 0.390 e. The van der Waals surface area contributed by atoms with Gasteiger partial charge in [-0.05, 0) is 17.7 Å². The zero-order valence-electron chi connectivity index (χ0n) is 12.7. The largest absolute Gasteiger partial charge is 0.504 e. The van der Waals surface area contributed by atoms with Crippen LogP contribution in [0.5, 0.6) is 11.5 Å². The molecule has 1 fully saturated rings. The van der Waals surface area contributed by atoms with Crippen LogP contribution in [-0.4, -0.2) is 48.3 Å². The summed E-state index contributed by atoms with van der Waals surface area (Å²) in [5.74, 6) is -1.02. The van der Waals surface area contributed by atoms with Crippen molar-refractivity contribution < 1.29 is 27.8 Å². The molecule has 2 rings (SSSR count). The lowest BCUT2D eigenvalue weighted by molar-refractivity contribution is -0.148. The second-order valence-electron chi connectivity index (χ2n) is 5.44. The van der Waals surface area contributed by atoms with Crippen molar-refractivity contribution in [1.82, 2.24) is 10.2 Å². The summed E-state index contributed by atoms with van der Waals surface area (Å²) >= 11 is 0. The molecule has 128 valence electrons. The zero-order chi connectivity index (χ0) is 17.0. The molecule has 0 unspecified atom stereocenters. The molecule has 1 heterocycles. The van der Waals surface area contributed by atoms with Crippen molar-refractivity contribution in [1.29, 1.82) is 0 Å². The van der Waals surface area contributed by atoms with Gasteiger partial charge < -0.3 is 15.2 Å². The molecule has 0 bridgehead atoms. The number of aromatic hydroxyl groups is 1. The molecular formula is C15H19F3N2O3. The van der Waals surface area contributed by atoms with E-state index in [4.69, 9.17) is 4.74 Å². The lowest BCUT2D eigenvalue weighted by Crippen LogP contribution is -2.46. The normalized spacial score (nSPS) is 17.7. The lowest BCUT2D eigenvalue weighted by Gasteiger charge is -2.35. The number of nitrogens with zero attached hydrogens (tertiary/aromatic N) is 1. The molecule has 1 aliphatic rings. The second-order valence-corrected chi connectivity index (χ2v) is 5.44. The summed E-state index contributed by atoms with van der Waals surface area (Å²) in [6, 6.07) is 3.12. The summed E-state index contributed by atoms with van der Waals surface area (Å²) in [4.78, 5) is 12.7. The monoisotopic (exact) mass is 332 g/mol. The third-order valence-electron chi connectivity index (χ3n) is 3.64. The molecule has 5 nitrogen and oxygen atoms in total. The van der Waals surface area contributed by atoms with E-state index in [0.29, 0.717) is 31.7 Å². The Hall–Kier alpha value is -1.80. The molecule has 0 spiro atoms. The average molecular weight is 332 g/mol. The lowest BCUT2D eigenvalue weighted by atomic mass is 10.00. The number of phenols is 1. The summed E-state index contributed by atoms with van der Waals surface area (Å²) in [7, 11) is 0.